The first-order chi connectivity index (χ1) is 10.1. The Hall–Kier alpha value is -1.91. The van der Waals surface area contributed by atoms with Crippen molar-refractivity contribution in [1.82, 2.24) is 10.6 Å². The van der Waals surface area contributed by atoms with Crippen molar-refractivity contribution in [3.05, 3.63) is 35.6 Å². The van der Waals surface area contributed by atoms with Gasteiger partial charge in [0.2, 0.25) is 0 Å². The van der Waals surface area contributed by atoms with Crippen molar-refractivity contribution in [3.63, 3.8) is 0 Å². The predicted octanol–water partition coefficient (Wildman–Crippen LogP) is 2.14. The molecule has 4 nitrogen and oxygen atoms in total. The molecule has 0 heterocycles. The molecule has 0 saturated heterocycles. The highest BCUT2D eigenvalue weighted by atomic mass is 19.1. The largest absolute Gasteiger partial charge is 0.345 e. The van der Waals surface area contributed by atoms with E-state index in [1.807, 2.05) is 0 Å². The molecule has 114 valence electrons. The van der Waals surface area contributed by atoms with E-state index in [2.05, 4.69) is 17.6 Å². The Morgan fingerprint density at radius 2 is 1.90 bits per heavy atom. The van der Waals surface area contributed by atoms with E-state index in [0.717, 1.165) is 19.3 Å². The number of carbonyl (C=O) groups excluding carboxylic acids is 2. The standard InChI is InChI=1S/C16H21FN2O2/c1-11-6-2-5-9-14(11)19-16(21)15(20)18-10-12-7-3-4-8-13(12)17/h3-4,7-8,11,14H,2,5-6,9-10H2,1H3,(H,18,20)(H,19,21). The van der Waals surface area contributed by atoms with Gasteiger partial charge in [-0.15, -0.1) is 0 Å². The van der Waals surface area contributed by atoms with Crippen molar-refractivity contribution in [3.8, 4) is 0 Å². The molecule has 0 aromatic heterocycles. The first kappa shape index (κ1) is 15.5. The molecule has 1 aromatic carbocycles. The van der Waals surface area contributed by atoms with Crippen molar-refractivity contribution >= 4 is 11.8 Å². The number of benzene rings is 1. The lowest BCUT2D eigenvalue weighted by Crippen LogP contribution is -2.47. The van der Waals surface area contributed by atoms with Gasteiger partial charge in [0, 0.05) is 18.2 Å². The van der Waals surface area contributed by atoms with E-state index in [4.69, 9.17) is 0 Å². The zero-order valence-electron chi connectivity index (χ0n) is 12.2. The highest BCUT2D eigenvalue weighted by molar-refractivity contribution is 6.35. The molecule has 2 unspecified atom stereocenters. The van der Waals surface area contributed by atoms with Crippen molar-refractivity contribution in [2.24, 2.45) is 5.92 Å². The zero-order chi connectivity index (χ0) is 15.2. The first-order valence-corrected chi connectivity index (χ1v) is 7.40. The van der Waals surface area contributed by atoms with Gasteiger partial charge >= 0.3 is 11.8 Å². The maximum absolute atomic E-state index is 13.4. The van der Waals surface area contributed by atoms with Gasteiger partial charge in [0.05, 0.1) is 0 Å². The summed E-state index contributed by atoms with van der Waals surface area (Å²) in [5, 5.41) is 5.23. The molecule has 1 aromatic rings. The van der Waals surface area contributed by atoms with E-state index in [0.29, 0.717) is 11.5 Å². The molecule has 21 heavy (non-hydrogen) atoms. The molecule has 2 N–H and O–H groups in total. The molecule has 0 spiro atoms. The minimum atomic E-state index is -0.712. The summed E-state index contributed by atoms with van der Waals surface area (Å²) in [7, 11) is 0. The summed E-state index contributed by atoms with van der Waals surface area (Å²) in [6.45, 7) is 2.10. The van der Waals surface area contributed by atoms with E-state index >= 15 is 0 Å². The van der Waals surface area contributed by atoms with Gasteiger partial charge in [-0.2, -0.15) is 0 Å². The molecule has 0 radical (unpaired) electrons. The van der Waals surface area contributed by atoms with Crippen LogP contribution in [0.4, 0.5) is 4.39 Å². The minimum Gasteiger partial charge on any atom is -0.345 e. The first-order valence-electron chi connectivity index (χ1n) is 7.40. The van der Waals surface area contributed by atoms with Gasteiger partial charge in [0.1, 0.15) is 5.82 Å². The summed E-state index contributed by atoms with van der Waals surface area (Å²) >= 11 is 0. The number of carbonyl (C=O) groups is 2. The molecule has 1 saturated carbocycles. The maximum Gasteiger partial charge on any atom is 0.309 e. The average molecular weight is 292 g/mol. The number of nitrogens with one attached hydrogen (secondary N) is 2. The van der Waals surface area contributed by atoms with Crippen LogP contribution in [0.15, 0.2) is 24.3 Å². The van der Waals surface area contributed by atoms with Crippen molar-refractivity contribution in [2.75, 3.05) is 0 Å². The van der Waals surface area contributed by atoms with Crippen molar-refractivity contribution in [1.29, 1.82) is 0 Å². The third-order valence-electron chi connectivity index (χ3n) is 4.03. The van der Waals surface area contributed by atoms with Crippen LogP contribution in [-0.4, -0.2) is 17.9 Å². The summed E-state index contributed by atoms with van der Waals surface area (Å²) in [6.07, 6.45) is 4.23. The summed E-state index contributed by atoms with van der Waals surface area (Å²) in [5.74, 6) is -1.35. The molecule has 2 rings (SSSR count). The molecular weight excluding hydrogens is 271 g/mol. The van der Waals surface area contributed by atoms with Crippen LogP contribution in [-0.2, 0) is 16.1 Å². The van der Waals surface area contributed by atoms with E-state index in [1.165, 1.54) is 12.5 Å². The van der Waals surface area contributed by atoms with Gasteiger partial charge in [-0.3, -0.25) is 9.59 Å². The number of amides is 2. The predicted molar refractivity (Wildman–Crippen MR) is 77.8 cm³/mol. The van der Waals surface area contributed by atoms with Crippen LogP contribution in [0.1, 0.15) is 38.2 Å². The summed E-state index contributed by atoms with van der Waals surface area (Å²) in [4.78, 5) is 23.6. The topological polar surface area (TPSA) is 58.2 Å². The minimum absolute atomic E-state index is 0.0130. The Labute approximate surface area is 124 Å². The van der Waals surface area contributed by atoms with Crippen LogP contribution in [0.5, 0.6) is 0 Å². The van der Waals surface area contributed by atoms with E-state index < -0.39 is 11.8 Å². The SMILES string of the molecule is CC1CCCCC1NC(=O)C(=O)NCc1ccccc1F. The normalized spacial score (nSPS) is 21.6. The number of hydrogen-bond donors (Lipinski definition) is 2. The lowest BCUT2D eigenvalue weighted by Gasteiger charge is -2.29. The van der Waals surface area contributed by atoms with Crippen LogP contribution in [0.25, 0.3) is 0 Å². The highest BCUT2D eigenvalue weighted by Gasteiger charge is 2.25. The molecule has 0 bridgehead atoms. The smallest absolute Gasteiger partial charge is 0.309 e. The molecular formula is C16H21FN2O2. The van der Waals surface area contributed by atoms with Gasteiger partial charge in [0.25, 0.3) is 0 Å². The van der Waals surface area contributed by atoms with Crippen LogP contribution < -0.4 is 10.6 Å². The van der Waals surface area contributed by atoms with E-state index in [1.54, 1.807) is 18.2 Å². The molecule has 1 fully saturated rings. The molecule has 1 aliphatic carbocycles. The number of hydrogen-bond acceptors (Lipinski definition) is 2. The average Bonchev–Trinajstić information content (AvgIpc) is 2.48. The van der Waals surface area contributed by atoms with E-state index in [-0.39, 0.29) is 18.4 Å². The summed E-state index contributed by atoms with van der Waals surface area (Å²) < 4.78 is 13.4. The van der Waals surface area contributed by atoms with Gasteiger partial charge in [-0.25, -0.2) is 4.39 Å². The Kier molecular flexibility index (Phi) is 5.31. The van der Waals surface area contributed by atoms with Crippen LogP contribution >= 0.6 is 0 Å². The van der Waals surface area contributed by atoms with Gasteiger partial charge in [0.15, 0.2) is 0 Å². The Morgan fingerprint density at radius 3 is 2.62 bits per heavy atom. The second kappa shape index (κ2) is 7.20. The number of rotatable bonds is 3. The second-order valence-electron chi connectivity index (χ2n) is 5.62. The third kappa shape index (κ3) is 4.28. The fourth-order valence-electron chi connectivity index (χ4n) is 2.66. The van der Waals surface area contributed by atoms with Crippen molar-refractivity contribution < 1.29 is 14.0 Å². The fourth-order valence-corrected chi connectivity index (χ4v) is 2.66. The summed E-state index contributed by atoms with van der Waals surface area (Å²) in [5.41, 5.74) is 0.365. The lowest BCUT2D eigenvalue weighted by molar-refractivity contribution is -0.140. The number of halogens is 1. The van der Waals surface area contributed by atoms with Gasteiger partial charge in [-0.05, 0) is 24.8 Å². The monoisotopic (exact) mass is 292 g/mol. The van der Waals surface area contributed by atoms with E-state index in [9.17, 15) is 14.0 Å². The Bertz CT molecular complexity index is 519. The second-order valence-corrected chi connectivity index (χ2v) is 5.62. The van der Waals surface area contributed by atoms with Crippen molar-refractivity contribution in [2.45, 2.75) is 45.2 Å². The fraction of sp³-hybridized carbons (Fsp3) is 0.500. The Balaban J connectivity index is 1.82. The molecule has 2 amide bonds. The van der Waals surface area contributed by atoms with Gasteiger partial charge in [-0.1, -0.05) is 38.0 Å². The third-order valence-corrected chi connectivity index (χ3v) is 4.03. The molecule has 5 heteroatoms. The van der Waals surface area contributed by atoms with Crippen LogP contribution in [0, 0.1) is 11.7 Å². The molecule has 2 atom stereocenters. The van der Waals surface area contributed by atoms with Crippen LogP contribution in [0.2, 0.25) is 0 Å². The highest BCUT2D eigenvalue weighted by Crippen LogP contribution is 2.23. The maximum atomic E-state index is 13.4. The van der Waals surface area contributed by atoms with Crippen LogP contribution in [0.3, 0.4) is 0 Å². The quantitative estimate of drug-likeness (QED) is 0.839. The zero-order valence-corrected chi connectivity index (χ0v) is 12.2. The summed E-state index contributed by atoms with van der Waals surface area (Å²) in [6, 6.07) is 6.24. The molecule has 1 aliphatic rings. The lowest BCUT2D eigenvalue weighted by atomic mass is 9.86. The van der Waals surface area contributed by atoms with Gasteiger partial charge < -0.3 is 10.6 Å². The molecule has 0 aliphatic heterocycles. The Morgan fingerprint density at radius 1 is 1.19 bits per heavy atom.